The summed E-state index contributed by atoms with van der Waals surface area (Å²) in [5, 5.41) is 18.0. The number of carboxylic acids is 1. The second-order valence-electron chi connectivity index (χ2n) is 8.36. The molecule has 182 valence electrons. The molecule has 1 aromatic heterocycles. The van der Waals surface area contributed by atoms with Crippen molar-refractivity contribution in [1.29, 1.82) is 0 Å². The lowest BCUT2D eigenvalue weighted by Crippen LogP contribution is -2.40. The zero-order valence-corrected chi connectivity index (χ0v) is 19.3. The van der Waals surface area contributed by atoms with Crippen molar-refractivity contribution in [3.05, 3.63) is 77.2 Å². The van der Waals surface area contributed by atoms with E-state index in [9.17, 15) is 19.5 Å². The third-order valence-corrected chi connectivity index (χ3v) is 5.99. The summed E-state index contributed by atoms with van der Waals surface area (Å²) in [7, 11) is 0. The number of rotatable bonds is 10. The number of hydrogen-bond donors (Lipinski definition) is 3. The van der Waals surface area contributed by atoms with Crippen molar-refractivity contribution in [2.45, 2.75) is 44.7 Å². The van der Waals surface area contributed by atoms with Crippen molar-refractivity contribution >= 4 is 18.0 Å². The highest BCUT2D eigenvalue weighted by molar-refractivity contribution is 5.94. The highest BCUT2D eigenvalue weighted by atomic mass is 16.5. The van der Waals surface area contributed by atoms with Crippen LogP contribution in [-0.2, 0) is 16.1 Å². The Morgan fingerprint density at radius 2 is 1.74 bits per heavy atom. The molecule has 0 fully saturated rings. The molecule has 1 aliphatic carbocycles. The van der Waals surface area contributed by atoms with Crippen molar-refractivity contribution in [2.75, 3.05) is 6.61 Å². The Labute approximate surface area is 202 Å². The average molecular weight is 478 g/mol. The van der Waals surface area contributed by atoms with Crippen molar-refractivity contribution in [3.63, 3.8) is 0 Å². The number of amides is 2. The van der Waals surface area contributed by atoms with Gasteiger partial charge in [-0.15, -0.1) is 0 Å². The van der Waals surface area contributed by atoms with Gasteiger partial charge in [-0.1, -0.05) is 73.5 Å². The fraction of sp³-hybridized carbons (Fsp3) is 0.308. The number of ether oxygens (including phenoxy) is 1. The highest BCUT2D eigenvalue weighted by Crippen LogP contribution is 2.44. The first-order valence-corrected chi connectivity index (χ1v) is 11.6. The topological polar surface area (TPSA) is 131 Å². The first-order chi connectivity index (χ1) is 17.0. The van der Waals surface area contributed by atoms with Gasteiger partial charge in [0.05, 0.1) is 6.54 Å². The van der Waals surface area contributed by atoms with E-state index >= 15 is 0 Å². The molecule has 0 spiro atoms. The maximum absolute atomic E-state index is 12.3. The summed E-state index contributed by atoms with van der Waals surface area (Å²) in [5.74, 6) is -1.57. The fourth-order valence-electron chi connectivity index (χ4n) is 4.21. The summed E-state index contributed by atoms with van der Waals surface area (Å²) in [6.07, 6.45) is 1.19. The number of fused-ring (bicyclic) bond motifs is 3. The molecule has 9 nitrogen and oxygen atoms in total. The van der Waals surface area contributed by atoms with E-state index < -0.39 is 24.0 Å². The van der Waals surface area contributed by atoms with Gasteiger partial charge in [0, 0.05) is 12.0 Å². The van der Waals surface area contributed by atoms with Crippen LogP contribution in [0.1, 0.15) is 59.5 Å². The number of carboxylic acid groups (broad SMARTS) is 1. The molecule has 2 amide bonds. The minimum Gasteiger partial charge on any atom is -0.480 e. The Hall–Kier alpha value is -4.14. The number of aliphatic carboxylic acids is 1. The smallest absolute Gasteiger partial charge is 0.407 e. The molecule has 35 heavy (non-hydrogen) atoms. The molecule has 0 unspecified atom stereocenters. The Morgan fingerprint density at radius 3 is 2.37 bits per heavy atom. The van der Waals surface area contributed by atoms with Crippen LogP contribution >= 0.6 is 0 Å². The minimum atomic E-state index is -1.10. The maximum atomic E-state index is 12.3. The van der Waals surface area contributed by atoms with Gasteiger partial charge >= 0.3 is 12.1 Å². The minimum absolute atomic E-state index is 0.0326. The SMILES string of the molecule is CCCC[C@H](NC(=O)c1cc(CNC(=O)OCC2c3ccccc3-c3ccccc32)on1)C(=O)O. The number of benzene rings is 2. The maximum Gasteiger partial charge on any atom is 0.407 e. The number of hydrogen-bond acceptors (Lipinski definition) is 6. The molecule has 0 aliphatic heterocycles. The standard InChI is InChI=1S/C26H27N3O6/c1-2-3-12-22(25(31)32)28-24(30)23-13-16(35-29-23)14-27-26(33)34-15-21-19-10-6-4-8-17(19)18-9-5-7-11-20(18)21/h4-11,13,21-22H,2-3,12,14-15H2,1H3,(H,27,33)(H,28,30)(H,31,32)/t22-/m0/s1. The third-order valence-electron chi connectivity index (χ3n) is 5.99. The van der Waals surface area contributed by atoms with Gasteiger partial charge in [0.2, 0.25) is 0 Å². The van der Waals surface area contributed by atoms with E-state index in [1.54, 1.807) is 0 Å². The van der Waals surface area contributed by atoms with E-state index in [0.717, 1.165) is 28.7 Å². The number of unbranched alkanes of at least 4 members (excludes halogenated alkanes) is 1. The molecule has 0 radical (unpaired) electrons. The molecular formula is C26H27N3O6. The monoisotopic (exact) mass is 477 g/mol. The number of nitrogens with zero attached hydrogens (tertiary/aromatic N) is 1. The van der Waals surface area contributed by atoms with Gasteiger partial charge in [-0.3, -0.25) is 4.79 Å². The second-order valence-corrected chi connectivity index (χ2v) is 8.36. The first-order valence-electron chi connectivity index (χ1n) is 11.6. The van der Waals surface area contributed by atoms with Gasteiger partial charge in [-0.25, -0.2) is 9.59 Å². The van der Waals surface area contributed by atoms with E-state index in [0.29, 0.717) is 12.8 Å². The van der Waals surface area contributed by atoms with E-state index in [-0.39, 0.29) is 30.5 Å². The van der Waals surface area contributed by atoms with Gasteiger partial charge in [0.25, 0.3) is 5.91 Å². The number of carbonyl (C=O) groups is 3. The van der Waals surface area contributed by atoms with Gasteiger partial charge in [0.15, 0.2) is 11.5 Å². The van der Waals surface area contributed by atoms with Gasteiger partial charge in [-0.05, 0) is 28.7 Å². The molecule has 2 aromatic carbocycles. The highest BCUT2D eigenvalue weighted by Gasteiger charge is 2.29. The van der Waals surface area contributed by atoms with Crippen LogP contribution in [0.5, 0.6) is 0 Å². The van der Waals surface area contributed by atoms with Gasteiger partial charge in [0.1, 0.15) is 12.6 Å². The Kier molecular flexibility index (Phi) is 7.45. The van der Waals surface area contributed by atoms with Crippen LogP contribution < -0.4 is 10.6 Å². The van der Waals surface area contributed by atoms with Crippen molar-refractivity contribution in [2.24, 2.45) is 0 Å². The predicted molar refractivity (Wildman–Crippen MR) is 127 cm³/mol. The molecule has 4 rings (SSSR count). The summed E-state index contributed by atoms with van der Waals surface area (Å²) < 4.78 is 10.6. The normalized spacial score (nSPS) is 12.9. The molecule has 0 saturated heterocycles. The largest absolute Gasteiger partial charge is 0.480 e. The van der Waals surface area contributed by atoms with Crippen molar-refractivity contribution in [1.82, 2.24) is 15.8 Å². The molecule has 1 atom stereocenters. The van der Waals surface area contributed by atoms with Crippen LogP contribution in [0.15, 0.2) is 59.1 Å². The lowest BCUT2D eigenvalue weighted by atomic mass is 9.98. The van der Waals surface area contributed by atoms with Crippen molar-refractivity contribution < 1.29 is 28.8 Å². The fourth-order valence-corrected chi connectivity index (χ4v) is 4.21. The van der Waals surface area contributed by atoms with E-state index in [1.165, 1.54) is 6.07 Å². The third kappa shape index (κ3) is 5.51. The summed E-state index contributed by atoms with van der Waals surface area (Å²) in [5.41, 5.74) is 4.46. The summed E-state index contributed by atoms with van der Waals surface area (Å²) in [6.45, 7) is 2.08. The molecule has 0 saturated carbocycles. The Morgan fingerprint density at radius 1 is 1.09 bits per heavy atom. The average Bonchev–Trinajstić information content (AvgIpc) is 3.47. The molecule has 9 heteroatoms. The Balaban J connectivity index is 1.29. The van der Waals surface area contributed by atoms with Crippen LogP contribution in [-0.4, -0.2) is 40.9 Å². The zero-order valence-electron chi connectivity index (χ0n) is 19.3. The molecule has 1 heterocycles. The zero-order chi connectivity index (χ0) is 24.8. The van der Waals surface area contributed by atoms with Crippen LogP contribution in [0, 0.1) is 0 Å². The van der Waals surface area contributed by atoms with E-state index in [4.69, 9.17) is 9.26 Å². The summed E-state index contributed by atoms with van der Waals surface area (Å²) >= 11 is 0. The Bertz CT molecular complexity index is 1180. The second kappa shape index (κ2) is 10.9. The molecule has 3 aromatic rings. The summed E-state index contributed by atoms with van der Waals surface area (Å²) in [6, 6.07) is 16.5. The quantitative estimate of drug-likeness (QED) is 0.401. The van der Waals surface area contributed by atoms with Crippen LogP contribution in [0.25, 0.3) is 11.1 Å². The van der Waals surface area contributed by atoms with Crippen LogP contribution in [0.4, 0.5) is 4.79 Å². The molecule has 1 aliphatic rings. The van der Waals surface area contributed by atoms with Crippen LogP contribution in [0.3, 0.4) is 0 Å². The number of aromatic nitrogens is 1. The summed E-state index contributed by atoms with van der Waals surface area (Å²) in [4.78, 5) is 36.0. The van der Waals surface area contributed by atoms with Gasteiger partial charge in [-0.2, -0.15) is 0 Å². The molecule has 3 N–H and O–H groups in total. The number of carbonyl (C=O) groups excluding carboxylic acids is 2. The number of alkyl carbamates (subject to hydrolysis) is 1. The van der Waals surface area contributed by atoms with Gasteiger partial charge < -0.3 is 25.0 Å². The first kappa shape index (κ1) is 24.0. The lowest BCUT2D eigenvalue weighted by molar-refractivity contribution is -0.139. The lowest BCUT2D eigenvalue weighted by Gasteiger charge is -2.14. The molecular weight excluding hydrogens is 450 g/mol. The van der Waals surface area contributed by atoms with E-state index in [1.807, 2.05) is 43.3 Å². The molecule has 0 bridgehead atoms. The van der Waals surface area contributed by atoms with E-state index in [2.05, 4.69) is 27.9 Å². The van der Waals surface area contributed by atoms with Crippen molar-refractivity contribution in [3.8, 4) is 11.1 Å². The number of nitrogens with one attached hydrogen (secondary N) is 2. The van der Waals surface area contributed by atoms with Crippen LogP contribution in [0.2, 0.25) is 0 Å². The predicted octanol–water partition coefficient (Wildman–Crippen LogP) is 4.09.